The van der Waals surface area contributed by atoms with Crippen LogP contribution in [0.25, 0.3) is 6.08 Å². The molecule has 2 N–H and O–H groups in total. The van der Waals surface area contributed by atoms with Crippen molar-refractivity contribution in [2.24, 2.45) is 0 Å². The van der Waals surface area contributed by atoms with Crippen LogP contribution in [-0.2, 0) is 4.79 Å². The summed E-state index contributed by atoms with van der Waals surface area (Å²) in [5.74, 6) is -1.95. The molecule has 0 aliphatic heterocycles. The number of amides is 2. The Bertz CT molecular complexity index is 1180. The summed E-state index contributed by atoms with van der Waals surface area (Å²) in [6.07, 6.45) is -3.50. The van der Waals surface area contributed by atoms with Crippen LogP contribution in [0.2, 0.25) is 0 Å². The minimum Gasteiger partial charge on any atom is -0.404 e. The maximum absolute atomic E-state index is 13.0. The Balaban J connectivity index is 1.92. The first-order valence-electron chi connectivity index (χ1n) is 10.1. The third-order valence-electron chi connectivity index (χ3n) is 4.61. The summed E-state index contributed by atoms with van der Waals surface area (Å²) in [6, 6.07) is 20.5. The van der Waals surface area contributed by atoms with Gasteiger partial charge in [-0.05, 0) is 48.0 Å². The van der Waals surface area contributed by atoms with Crippen molar-refractivity contribution in [3.63, 3.8) is 0 Å². The fraction of sp³-hybridized carbons (Fsp3) is 0.120. The molecule has 0 radical (unpaired) electrons. The maximum atomic E-state index is 13.0. The predicted molar refractivity (Wildman–Crippen MR) is 124 cm³/mol. The highest BCUT2D eigenvalue weighted by molar-refractivity contribution is 6.11. The molecule has 0 saturated heterocycles. The molecule has 0 aliphatic rings. The monoisotopic (exact) mass is 469 g/mol. The van der Waals surface area contributed by atoms with E-state index in [2.05, 4.69) is 15.4 Å². The van der Waals surface area contributed by atoms with Crippen molar-refractivity contribution in [2.45, 2.75) is 6.36 Å². The largest absolute Gasteiger partial charge is 0.573 e. The van der Waals surface area contributed by atoms with E-state index in [0.717, 1.165) is 11.8 Å². The zero-order chi connectivity index (χ0) is 24.7. The van der Waals surface area contributed by atoms with Gasteiger partial charge in [-0.2, -0.15) is 0 Å². The molecule has 6 nitrogen and oxygen atoms in total. The quantitative estimate of drug-likeness (QED) is 0.475. The Morgan fingerprint density at radius 3 is 2.12 bits per heavy atom. The lowest BCUT2D eigenvalue weighted by molar-refractivity contribution is -0.274. The van der Waals surface area contributed by atoms with Crippen LogP contribution in [0, 0.1) is 0 Å². The number of benzene rings is 3. The molecule has 0 saturated carbocycles. The minimum absolute atomic E-state index is 0.159. The van der Waals surface area contributed by atoms with Gasteiger partial charge in [-0.1, -0.05) is 42.5 Å². The number of nitrogens with zero attached hydrogens (tertiary/aromatic N) is 1. The molecule has 0 unspecified atom stereocenters. The number of hydrogen-bond donors (Lipinski definition) is 2. The zero-order valence-electron chi connectivity index (χ0n) is 18.4. The Hall–Kier alpha value is -4.27. The lowest BCUT2D eigenvalue weighted by Crippen LogP contribution is -2.31. The number of anilines is 2. The van der Waals surface area contributed by atoms with Crippen molar-refractivity contribution >= 4 is 29.3 Å². The molecule has 3 aromatic rings. The van der Waals surface area contributed by atoms with Crippen LogP contribution in [-0.4, -0.2) is 32.3 Å². The topological polar surface area (TPSA) is 70.7 Å². The smallest absolute Gasteiger partial charge is 0.404 e. The highest BCUT2D eigenvalue weighted by Gasteiger charge is 2.32. The number of halogens is 3. The van der Waals surface area contributed by atoms with Crippen LogP contribution >= 0.6 is 0 Å². The van der Waals surface area contributed by atoms with Crippen LogP contribution in [0.3, 0.4) is 0 Å². The number of nitrogens with one attached hydrogen (secondary N) is 2. The van der Waals surface area contributed by atoms with Gasteiger partial charge in [-0.3, -0.25) is 9.59 Å². The fourth-order valence-electron chi connectivity index (χ4n) is 2.95. The van der Waals surface area contributed by atoms with Gasteiger partial charge in [-0.25, -0.2) is 0 Å². The van der Waals surface area contributed by atoms with Crippen molar-refractivity contribution in [3.8, 4) is 5.75 Å². The number of para-hydroxylation sites is 2. The molecule has 3 rings (SSSR count). The summed E-state index contributed by atoms with van der Waals surface area (Å²) in [6.45, 7) is 0. The molecule has 34 heavy (non-hydrogen) atoms. The van der Waals surface area contributed by atoms with E-state index in [1.807, 2.05) is 31.1 Å². The molecular formula is C25H22F3N3O3. The summed E-state index contributed by atoms with van der Waals surface area (Å²) in [7, 11) is 3.76. The summed E-state index contributed by atoms with van der Waals surface area (Å²) >= 11 is 0. The lowest BCUT2D eigenvalue weighted by atomic mass is 10.1. The molecule has 3 aromatic carbocycles. The first kappa shape index (κ1) is 24.4. The number of alkyl halides is 3. The third-order valence-corrected chi connectivity index (χ3v) is 4.61. The summed E-state index contributed by atoms with van der Waals surface area (Å²) in [5, 5.41) is 4.93. The molecule has 9 heteroatoms. The molecule has 0 aromatic heterocycles. The van der Waals surface area contributed by atoms with E-state index in [9.17, 15) is 22.8 Å². The summed E-state index contributed by atoms with van der Waals surface area (Å²) < 4.78 is 42.2. The van der Waals surface area contributed by atoms with Crippen LogP contribution in [0.5, 0.6) is 5.75 Å². The standard InChI is InChI=1S/C25H22F3N3O3/c1-31(2)19-14-12-17(13-15-19)16-21(30-23(32)18-8-4-3-5-9-18)24(33)29-20-10-6-7-11-22(20)34-25(26,27)28/h3-16H,1-2H3,(H,29,33)(H,30,32)/b21-16-. The van der Waals surface area contributed by atoms with E-state index in [1.165, 1.54) is 24.3 Å². The van der Waals surface area contributed by atoms with Crippen LogP contribution in [0.15, 0.2) is 84.6 Å². The molecule has 176 valence electrons. The van der Waals surface area contributed by atoms with E-state index in [1.54, 1.807) is 42.5 Å². The molecular weight excluding hydrogens is 447 g/mol. The van der Waals surface area contributed by atoms with Gasteiger partial charge in [0.05, 0.1) is 5.69 Å². The average Bonchev–Trinajstić information content (AvgIpc) is 2.80. The van der Waals surface area contributed by atoms with Gasteiger partial charge in [0.1, 0.15) is 5.70 Å². The number of carbonyl (C=O) groups excluding carboxylic acids is 2. The number of hydrogen-bond acceptors (Lipinski definition) is 4. The van der Waals surface area contributed by atoms with E-state index >= 15 is 0 Å². The third kappa shape index (κ3) is 6.86. The van der Waals surface area contributed by atoms with Gasteiger partial charge in [0, 0.05) is 25.3 Å². The molecule has 0 fully saturated rings. The molecule has 0 atom stereocenters. The summed E-state index contributed by atoms with van der Waals surface area (Å²) in [5.41, 5.74) is 1.48. The first-order valence-corrected chi connectivity index (χ1v) is 10.1. The van der Waals surface area contributed by atoms with E-state index < -0.39 is 23.9 Å². The van der Waals surface area contributed by atoms with Crippen molar-refractivity contribution in [2.75, 3.05) is 24.3 Å². The second kappa shape index (κ2) is 10.6. The van der Waals surface area contributed by atoms with Gasteiger partial charge in [0.25, 0.3) is 11.8 Å². The Morgan fingerprint density at radius 2 is 1.50 bits per heavy atom. The number of ether oxygens (including phenoxy) is 1. The molecule has 0 bridgehead atoms. The SMILES string of the molecule is CN(C)c1ccc(/C=C(\NC(=O)c2ccccc2)C(=O)Nc2ccccc2OC(F)(F)F)cc1. The highest BCUT2D eigenvalue weighted by Crippen LogP contribution is 2.30. The van der Waals surface area contributed by atoms with Crippen molar-refractivity contribution in [1.82, 2.24) is 5.32 Å². The predicted octanol–water partition coefficient (Wildman–Crippen LogP) is 5.06. The van der Waals surface area contributed by atoms with Gasteiger partial charge < -0.3 is 20.3 Å². The van der Waals surface area contributed by atoms with Crippen molar-refractivity contribution in [3.05, 3.63) is 95.7 Å². The van der Waals surface area contributed by atoms with Gasteiger partial charge in [0.15, 0.2) is 5.75 Å². The number of carbonyl (C=O) groups is 2. The van der Waals surface area contributed by atoms with Crippen molar-refractivity contribution < 1.29 is 27.5 Å². The molecule has 0 spiro atoms. The molecule has 2 amide bonds. The van der Waals surface area contributed by atoms with E-state index in [-0.39, 0.29) is 11.4 Å². The van der Waals surface area contributed by atoms with Gasteiger partial charge in [0.2, 0.25) is 0 Å². The zero-order valence-corrected chi connectivity index (χ0v) is 18.4. The van der Waals surface area contributed by atoms with E-state index in [4.69, 9.17) is 0 Å². The average molecular weight is 469 g/mol. The molecule has 0 aliphatic carbocycles. The second-order valence-corrected chi connectivity index (χ2v) is 7.36. The molecule has 0 heterocycles. The van der Waals surface area contributed by atoms with Crippen LogP contribution < -0.4 is 20.3 Å². The highest BCUT2D eigenvalue weighted by atomic mass is 19.4. The van der Waals surface area contributed by atoms with Gasteiger partial charge >= 0.3 is 6.36 Å². The van der Waals surface area contributed by atoms with Crippen molar-refractivity contribution in [1.29, 1.82) is 0 Å². The first-order chi connectivity index (χ1) is 16.1. The van der Waals surface area contributed by atoms with E-state index in [0.29, 0.717) is 11.1 Å². The Morgan fingerprint density at radius 1 is 0.882 bits per heavy atom. The summed E-state index contributed by atoms with van der Waals surface area (Å²) in [4.78, 5) is 27.6. The maximum Gasteiger partial charge on any atom is 0.573 e. The Labute approximate surface area is 194 Å². The Kier molecular flexibility index (Phi) is 7.57. The number of rotatable bonds is 7. The van der Waals surface area contributed by atoms with Crippen LogP contribution in [0.4, 0.5) is 24.5 Å². The minimum atomic E-state index is -4.94. The lowest BCUT2D eigenvalue weighted by Gasteiger charge is -2.16. The second-order valence-electron chi connectivity index (χ2n) is 7.36. The van der Waals surface area contributed by atoms with Gasteiger partial charge in [-0.15, -0.1) is 13.2 Å². The van der Waals surface area contributed by atoms with Crippen LogP contribution in [0.1, 0.15) is 15.9 Å². The normalized spacial score (nSPS) is 11.5. The fourth-order valence-corrected chi connectivity index (χ4v) is 2.95.